The molecule has 0 saturated heterocycles. The highest BCUT2D eigenvalue weighted by Gasteiger charge is 2.19. The average molecular weight is 498 g/mol. The highest BCUT2D eigenvalue weighted by molar-refractivity contribution is 7.20. The second-order valence-corrected chi connectivity index (χ2v) is 8.42. The molecule has 0 fully saturated rings. The Kier molecular flexibility index (Phi) is 7.41. The Morgan fingerprint density at radius 3 is 2.43 bits per heavy atom. The number of nitrogen functional groups attached to an aromatic ring is 1. The first-order valence-corrected chi connectivity index (χ1v) is 11.3. The lowest BCUT2D eigenvalue weighted by atomic mass is 10.1. The fourth-order valence-corrected chi connectivity index (χ4v) is 4.25. The topological polar surface area (TPSA) is 107 Å². The number of thiophene rings is 1. The van der Waals surface area contributed by atoms with Crippen molar-refractivity contribution >= 4 is 39.0 Å². The molecule has 3 aromatic carbocycles. The molecule has 0 aliphatic heterocycles. The van der Waals surface area contributed by atoms with Crippen molar-refractivity contribution in [3.63, 3.8) is 0 Å². The number of carbonyl (C=O) groups excluding carboxylic acids is 1. The van der Waals surface area contributed by atoms with Crippen LogP contribution >= 0.6 is 11.3 Å². The van der Waals surface area contributed by atoms with Crippen LogP contribution in [0.25, 0.3) is 10.1 Å². The first-order chi connectivity index (χ1) is 16.9. The number of nitrogens with two attached hydrogens (primary N) is 1. The average Bonchev–Trinajstić information content (AvgIpc) is 3.29. The Hall–Kier alpha value is -4.18. The predicted octanol–water partition coefficient (Wildman–Crippen LogP) is 6.16. The number of fused-ring (bicyclic) bond motifs is 1. The number of carbonyl (C=O) groups is 1. The van der Waals surface area contributed by atoms with Gasteiger partial charge in [-0.1, -0.05) is 36.4 Å². The van der Waals surface area contributed by atoms with E-state index in [0.29, 0.717) is 16.3 Å². The summed E-state index contributed by atoms with van der Waals surface area (Å²) in [4.78, 5) is 13.0. The second-order valence-electron chi connectivity index (χ2n) is 7.34. The van der Waals surface area contributed by atoms with Crippen LogP contribution in [0.4, 0.5) is 19.3 Å². The minimum absolute atomic E-state index is 0.0213. The lowest BCUT2D eigenvalue weighted by Gasteiger charge is -2.20. The zero-order valence-corrected chi connectivity index (χ0v) is 19.1. The summed E-state index contributed by atoms with van der Waals surface area (Å²) in [5, 5.41) is 11.1. The van der Waals surface area contributed by atoms with Gasteiger partial charge >= 0.3 is 12.7 Å². The standard InChI is InChI=1S/C25H21F2N3O4S/c26-24(27)33-17-11-9-16(10-12-17)30-25(31)32-14-20(15-5-2-1-3-6-15)34-19-7-4-8-21-18(19)13-22(35-21)23(28)29/h1-13,20,24H,14H2,(H3,28,29)(H,30,31). The number of hydrogen-bond donors (Lipinski definition) is 3. The Balaban J connectivity index is 1.47. The van der Waals surface area contributed by atoms with Crippen molar-refractivity contribution < 1.29 is 27.8 Å². The third kappa shape index (κ3) is 6.24. The lowest BCUT2D eigenvalue weighted by molar-refractivity contribution is -0.0498. The van der Waals surface area contributed by atoms with Gasteiger partial charge in [-0.15, -0.1) is 11.3 Å². The first-order valence-electron chi connectivity index (χ1n) is 10.5. The summed E-state index contributed by atoms with van der Waals surface area (Å²) in [7, 11) is 0. The summed E-state index contributed by atoms with van der Waals surface area (Å²) in [5.41, 5.74) is 6.80. The Bertz CT molecular complexity index is 1310. The molecule has 1 amide bonds. The van der Waals surface area contributed by atoms with Crippen LogP contribution in [0.1, 0.15) is 16.5 Å². The van der Waals surface area contributed by atoms with E-state index < -0.39 is 18.8 Å². The quantitative estimate of drug-likeness (QED) is 0.190. The molecule has 1 unspecified atom stereocenters. The largest absolute Gasteiger partial charge is 0.481 e. The van der Waals surface area contributed by atoms with Gasteiger partial charge in [-0.25, -0.2) is 4.79 Å². The number of rotatable bonds is 9. The van der Waals surface area contributed by atoms with Gasteiger partial charge in [0, 0.05) is 15.8 Å². The molecule has 10 heteroatoms. The Morgan fingerprint density at radius 1 is 1.00 bits per heavy atom. The number of hydrogen-bond acceptors (Lipinski definition) is 6. The van der Waals surface area contributed by atoms with Crippen molar-refractivity contribution in [3.8, 4) is 11.5 Å². The number of benzene rings is 3. The number of amidine groups is 1. The van der Waals surface area contributed by atoms with Gasteiger partial charge < -0.3 is 19.9 Å². The van der Waals surface area contributed by atoms with Crippen LogP contribution in [-0.4, -0.2) is 25.1 Å². The summed E-state index contributed by atoms with van der Waals surface area (Å²) in [6.45, 7) is -3.02. The zero-order valence-electron chi connectivity index (χ0n) is 18.2. The van der Waals surface area contributed by atoms with E-state index >= 15 is 0 Å². The molecule has 1 aromatic heterocycles. The van der Waals surface area contributed by atoms with Crippen molar-refractivity contribution in [2.45, 2.75) is 12.7 Å². The number of amides is 1. The first kappa shape index (κ1) is 24.0. The van der Waals surface area contributed by atoms with Crippen LogP contribution in [0.2, 0.25) is 0 Å². The van der Waals surface area contributed by atoms with E-state index in [2.05, 4.69) is 10.1 Å². The molecule has 35 heavy (non-hydrogen) atoms. The van der Waals surface area contributed by atoms with E-state index in [-0.39, 0.29) is 18.2 Å². The summed E-state index contributed by atoms with van der Waals surface area (Å²) < 4.78 is 41.5. The highest BCUT2D eigenvalue weighted by Crippen LogP contribution is 2.35. The third-order valence-corrected chi connectivity index (χ3v) is 6.05. The predicted molar refractivity (Wildman–Crippen MR) is 131 cm³/mol. The fourth-order valence-electron chi connectivity index (χ4n) is 3.31. The van der Waals surface area contributed by atoms with Gasteiger partial charge in [-0.2, -0.15) is 8.78 Å². The van der Waals surface area contributed by atoms with Crippen molar-refractivity contribution in [1.29, 1.82) is 5.41 Å². The van der Waals surface area contributed by atoms with Crippen molar-refractivity contribution in [2.24, 2.45) is 5.73 Å². The molecule has 0 aliphatic rings. The molecule has 0 spiro atoms. The van der Waals surface area contributed by atoms with E-state index in [0.717, 1.165) is 15.6 Å². The highest BCUT2D eigenvalue weighted by atomic mass is 32.1. The van der Waals surface area contributed by atoms with Crippen LogP contribution in [-0.2, 0) is 4.74 Å². The monoisotopic (exact) mass is 497 g/mol. The molecule has 4 N–H and O–H groups in total. The van der Waals surface area contributed by atoms with Gasteiger partial charge in [0.25, 0.3) is 0 Å². The molecule has 0 radical (unpaired) electrons. The molecule has 1 heterocycles. The van der Waals surface area contributed by atoms with Crippen molar-refractivity contribution in [3.05, 3.63) is 89.3 Å². The SMILES string of the molecule is N=C(N)c1cc2c(OC(COC(=O)Nc3ccc(OC(F)F)cc3)c3ccccc3)cccc2s1. The number of alkyl halides is 2. The molecule has 1 atom stereocenters. The van der Waals surface area contributed by atoms with Crippen LogP contribution in [0.3, 0.4) is 0 Å². The number of halogens is 2. The van der Waals surface area contributed by atoms with Gasteiger partial charge in [0.05, 0.1) is 4.88 Å². The Morgan fingerprint density at radius 2 is 1.74 bits per heavy atom. The third-order valence-electron chi connectivity index (χ3n) is 4.92. The maximum atomic E-state index is 12.4. The summed E-state index contributed by atoms with van der Waals surface area (Å²) in [6, 6.07) is 22.1. The Labute approximate surface area is 203 Å². The minimum atomic E-state index is -2.93. The van der Waals surface area contributed by atoms with Crippen LogP contribution in [0, 0.1) is 5.41 Å². The van der Waals surface area contributed by atoms with E-state index in [1.54, 1.807) is 12.1 Å². The summed E-state index contributed by atoms with van der Waals surface area (Å²) >= 11 is 1.39. The number of ether oxygens (including phenoxy) is 3. The van der Waals surface area contributed by atoms with Crippen LogP contribution in [0.5, 0.6) is 11.5 Å². The summed E-state index contributed by atoms with van der Waals surface area (Å²) in [6.07, 6.45) is -1.35. The molecular weight excluding hydrogens is 476 g/mol. The van der Waals surface area contributed by atoms with E-state index in [1.807, 2.05) is 42.5 Å². The van der Waals surface area contributed by atoms with Crippen LogP contribution < -0.4 is 20.5 Å². The molecule has 4 rings (SSSR count). The number of anilines is 1. The minimum Gasteiger partial charge on any atom is -0.481 e. The molecule has 0 saturated carbocycles. The maximum Gasteiger partial charge on any atom is 0.411 e. The van der Waals surface area contributed by atoms with Crippen molar-refractivity contribution in [2.75, 3.05) is 11.9 Å². The van der Waals surface area contributed by atoms with Crippen molar-refractivity contribution in [1.82, 2.24) is 0 Å². The fraction of sp³-hybridized carbons (Fsp3) is 0.120. The van der Waals surface area contributed by atoms with Gasteiger partial charge in [0.15, 0.2) is 6.10 Å². The van der Waals surface area contributed by atoms with Gasteiger partial charge in [0.1, 0.15) is 23.9 Å². The molecule has 0 aliphatic carbocycles. The zero-order chi connectivity index (χ0) is 24.8. The lowest BCUT2D eigenvalue weighted by Crippen LogP contribution is -2.21. The van der Waals surface area contributed by atoms with E-state index in [1.165, 1.54) is 35.6 Å². The molecule has 0 bridgehead atoms. The number of nitrogens with one attached hydrogen (secondary N) is 2. The maximum absolute atomic E-state index is 12.4. The van der Waals surface area contributed by atoms with Gasteiger partial charge in [-0.05, 0) is 48.0 Å². The normalized spacial score (nSPS) is 11.7. The molecule has 180 valence electrons. The molecule has 7 nitrogen and oxygen atoms in total. The summed E-state index contributed by atoms with van der Waals surface area (Å²) in [5.74, 6) is 0.524. The van der Waals surface area contributed by atoms with Gasteiger partial charge in [0.2, 0.25) is 0 Å². The molecule has 4 aromatic rings. The smallest absolute Gasteiger partial charge is 0.411 e. The van der Waals surface area contributed by atoms with E-state index in [4.69, 9.17) is 20.6 Å². The molecular formula is C25H21F2N3O4S. The van der Waals surface area contributed by atoms with Gasteiger partial charge in [-0.3, -0.25) is 10.7 Å². The van der Waals surface area contributed by atoms with Crippen LogP contribution in [0.15, 0.2) is 78.9 Å². The second kappa shape index (κ2) is 10.8. The van der Waals surface area contributed by atoms with E-state index in [9.17, 15) is 13.6 Å².